The first-order chi connectivity index (χ1) is 16.1. The number of amides is 2. The summed E-state index contributed by atoms with van der Waals surface area (Å²) in [7, 11) is 1.59. The molecule has 1 saturated heterocycles. The average Bonchev–Trinajstić information content (AvgIpc) is 3.50. The molecular weight excluding hydrogens is 463 g/mol. The van der Waals surface area contributed by atoms with Gasteiger partial charge in [-0.05, 0) is 12.1 Å². The Bertz CT molecular complexity index is 1210. The van der Waals surface area contributed by atoms with Crippen LogP contribution < -0.4 is 15.5 Å². The minimum atomic E-state index is -4.41. The molecule has 0 spiro atoms. The summed E-state index contributed by atoms with van der Waals surface area (Å²) < 4.78 is 48.9. The number of carbonyl (C=O) groups excluding carboxylic acids is 2. The van der Waals surface area contributed by atoms with E-state index in [-0.39, 0.29) is 42.1 Å². The quantitative estimate of drug-likeness (QED) is 0.461. The van der Waals surface area contributed by atoms with E-state index in [1.807, 2.05) is 0 Å². The van der Waals surface area contributed by atoms with Crippen LogP contribution >= 0.6 is 0 Å². The number of nitrogens with one attached hydrogen (secondary N) is 2. The van der Waals surface area contributed by atoms with Crippen LogP contribution in [0, 0.1) is 0 Å². The van der Waals surface area contributed by atoms with Gasteiger partial charge in [-0.2, -0.15) is 18.3 Å². The van der Waals surface area contributed by atoms with Crippen LogP contribution in [0.3, 0.4) is 0 Å². The molecule has 4 rings (SSSR count). The van der Waals surface area contributed by atoms with Crippen LogP contribution in [0.1, 0.15) is 10.5 Å². The highest BCUT2D eigenvalue weighted by Gasteiger charge is 2.35. The molecule has 0 saturated carbocycles. The first-order valence-electron chi connectivity index (χ1n) is 9.79. The molecule has 0 bridgehead atoms. The molecule has 180 valence electrons. The number of aryl methyl sites for hydroxylation is 1. The molecule has 1 fully saturated rings. The summed E-state index contributed by atoms with van der Waals surface area (Å²) in [6.07, 6.45) is -2.03. The van der Waals surface area contributed by atoms with Crippen molar-refractivity contribution in [3.8, 4) is 11.5 Å². The van der Waals surface area contributed by atoms with Gasteiger partial charge in [0.15, 0.2) is 11.5 Å². The van der Waals surface area contributed by atoms with Crippen molar-refractivity contribution in [2.45, 2.75) is 12.3 Å². The molecule has 1 unspecified atom stereocenters. The summed E-state index contributed by atoms with van der Waals surface area (Å²) in [4.78, 5) is 33.9. The van der Waals surface area contributed by atoms with Gasteiger partial charge in [-0.3, -0.25) is 14.4 Å². The molecule has 0 aromatic carbocycles. The predicted octanol–water partition coefficient (Wildman–Crippen LogP) is 2.01. The molecular formula is C19H18F3N7O5. The Balaban J connectivity index is 1.49. The number of nitrogens with zero attached hydrogens (tertiary/aromatic N) is 5. The standard InChI is InChI=1S/C19H18F3N7O5/c1-28-6-12(15(27-28)29-5-11(7-30)34-18(29)32)25-16(31)13-8-33-17(26-13)10-2-3-23-14(4-10)24-9-19(20,21)22/h2-4,6,8,11,30H,5,7,9H2,1H3,(H,23,24)(H,25,31). The Morgan fingerprint density at radius 3 is 2.88 bits per heavy atom. The van der Waals surface area contributed by atoms with Crippen LogP contribution in [0.5, 0.6) is 0 Å². The number of cyclic esters (lactones) is 1. The van der Waals surface area contributed by atoms with Gasteiger partial charge in [-0.15, -0.1) is 0 Å². The maximum atomic E-state index is 12.7. The topological polar surface area (TPSA) is 148 Å². The minimum absolute atomic E-state index is 0.0112. The van der Waals surface area contributed by atoms with E-state index in [1.165, 1.54) is 34.1 Å². The Hall–Kier alpha value is -4.14. The lowest BCUT2D eigenvalue weighted by Crippen LogP contribution is -2.27. The molecule has 1 atom stereocenters. The molecule has 1 aliphatic rings. The number of aliphatic hydroxyl groups excluding tert-OH is 1. The number of rotatable bonds is 7. The number of halogens is 3. The van der Waals surface area contributed by atoms with Gasteiger partial charge in [0.1, 0.15) is 30.4 Å². The van der Waals surface area contributed by atoms with Crippen molar-refractivity contribution in [2.24, 2.45) is 7.05 Å². The van der Waals surface area contributed by atoms with Crippen molar-refractivity contribution >= 4 is 29.3 Å². The van der Waals surface area contributed by atoms with E-state index in [2.05, 4.69) is 25.7 Å². The Morgan fingerprint density at radius 2 is 2.18 bits per heavy atom. The number of pyridine rings is 1. The molecule has 3 N–H and O–H groups in total. The van der Waals surface area contributed by atoms with Crippen molar-refractivity contribution in [2.75, 3.05) is 35.2 Å². The first-order valence-corrected chi connectivity index (χ1v) is 9.79. The molecule has 34 heavy (non-hydrogen) atoms. The SMILES string of the molecule is Cn1cc(NC(=O)c2coc(-c3ccnc(NCC(F)(F)F)c3)n2)c(N2CC(CO)OC2=O)n1. The van der Waals surface area contributed by atoms with Crippen LogP contribution in [0.4, 0.5) is 35.3 Å². The highest BCUT2D eigenvalue weighted by atomic mass is 19.4. The molecule has 0 radical (unpaired) electrons. The lowest BCUT2D eigenvalue weighted by atomic mass is 10.2. The smallest absolute Gasteiger partial charge is 0.416 e. The van der Waals surface area contributed by atoms with Crippen LogP contribution in [-0.2, 0) is 11.8 Å². The van der Waals surface area contributed by atoms with Crippen LogP contribution in [0.2, 0.25) is 0 Å². The van der Waals surface area contributed by atoms with Gasteiger partial charge in [0.05, 0.1) is 19.3 Å². The summed E-state index contributed by atoms with van der Waals surface area (Å²) in [6.45, 7) is -1.57. The van der Waals surface area contributed by atoms with Crippen molar-refractivity contribution < 1.29 is 37.0 Å². The number of aliphatic hydroxyl groups is 1. The molecule has 3 aromatic heterocycles. The van der Waals surface area contributed by atoms with E-state index in [0.29, 0.717) is 5.56 Å². The van der Waals surface area contributed by atoms with Crippen LogP contribution in [0.15, 0.2) is 35.2 Å². The van der Waals surface area contributed by atoms with E-state index < -0.39 is 30.8 Å². The number of alkyl halides is 3. The lowest BCUT2D eigenvalue weighted by molar-refractivity contribution is -0.115. The number of aromatic nitrogens is 4. The summed E-state index contributed by atoms with van der Waals surface area (Å²) in [5.74, 6) is -0.615. The third kappa shape index (κ3) is 5.09. The van der Waals surface area contributed by atoms with Gasteiger partial charge < -0.3 is 24.9 Å². The third-order valence-corrected chi connectivity index (χ3v) is 4.60. The maximum absolute atomic E-state index is 12.7. The van der Waals surface area contributed by atoms with Gasteiger partial charge in [-0.25, -0.2) is 14.8 Å². The maximum Gasteiger partial charge on any atom is 0.416 e. The summed E-state index contributed by atoms with van der Waals surface area (Å²) in [6, 6.07) is 2.76. The monoisotopic (exact) mass is 481 g/mol. The fourth-order valence-electron chi connectivity index (χ4n) is 3.10. The largest absolute Gasteiger partial charge is 0.444 e. The second-order valence-corrected chi connectivity index (χ2v) is 7.23. The third-order valence-electron chi connectivity index (χ3n) is 4.60. The van der Waals surface area contributed by atoms with Gasteiger partial charge in [-0.1, -0.05) is 0 Å². The molecule has 12 nitrogen and oxygen atoms in total. The van der Waals surface area contributed by atoms with E-state index in [0.717, 1.165) is 6.26 Å². The fraction of sp³-hybridized carbons (Fsp3) is 0.316. The Morgan fingerprint density at radius 1 is 1.38 bits per heavy atom. The fourth-order valence-corrected chi connectivity index (χ4v) is 3.10. The van der Waals surface area contributed by atoms with Crippen LogP contribution in [-0.4, -0.2) is 68.8 Å². The second-order valence-electron chi connectivity index (χ2n) is 7.23. The number of ether oxygens (including phenoxy) is 1. The normalized spacial score (nSPS) is 16.0. The first kappa shape index (κ1) is 23.0. The van der Waals surface area contributed by atoms with Gasteiger partial charge in [0, 0.05) is 18.8 Å². The Kier molecular flexibility index (Phi) is 6.10. The second kappa shape index (κ2) is 9.01. The van der Waals surface area contributed by atoms with Crippen LogP contribution in [0.25, 0.3) is 11.5 Å². The summed E-state index contributed by atoms with van der Waals surface area (Å²) in [5, 5.41) is 18.1. The van der Waals surface area contributed by atoms with Gasteiger partial charge >= 0.3 is 12.3 Å². The van der Waals surface area contributed by atoms with E-state index in [1.54, 1.807) is 7.05 Å². The molecule has 3 aromatic rings. The molecule has 2 amide bonds. The average molecular weight is 481 g/mol. The van der Waals surface area contributed by atoms with Gasteiger partial charge in [0.2, 0.25) is 5.89 Å². The molecule has 0 aliphatic carbocycles. The highest BCUT2D eigenvalue weighted by Crippen LogP contribution is 2.29. The number of oxazole rings is 1. The zero-order valence-electron chi connectivity index (χ0n) is 17.5. The van der Waals surface area contributed by atoms with Gasteiger partial charge in [0.25, 0.3) is 5.91 Å². The lowest BCUT2D eigenvalue weighted by Gasteiger charge is -2.11. The van der Waals surface area contributed by atoms with Crippen molar-refractivity contribution in [3.05, 3.63) is 36.5 Å². The van der Waals surface area contributed by atoms with E-state index >= 15 is 0 Å². The highest BCUT2D eigenvalue weighted by molar-refractivity contribution is 6.05. The zero-order valence-corrected chi connectivity index (χ0v) is 17.5. The zero-order chi connectivity index (χ0) is 24.5. The van der Waals surface area contributed by atoms with Crippen molar-refractivity contribution in [1.82, 2.24) is 19.7 Å². The number of hydrogen-bond acceptors (Lipinski definition) is 9. The number of carbonyl (C=O) groups is 2. The predicted molar refractivity (Wildman–Crippen MR) is 110 cm³/mol. The number of anilines is 3. The molecule has 4 heterocycles. The summed E-state index contributed by atoms with van der Waals surface area (Å²) >= 11 is 0. The number of hydrogen-bond donors (Lipinski definition) is 3. The molecule has 15 heteroatoms. The van der Waals surface area contributed by atoms with Crippen molar-refractivity contribution in [1.29, 1.82) is 0 Å². The minimum Gasteiger partial charge on any atom is -0.444 e. The Labute approximate surface area is 189 Å². The summed E-state index contributed by atoms with van der Waals surface area (Å²) in [5.41, 5.74) is 0.370. The molecule has 1 aliphatic heterocycles. The van der Waals surface area contributed by atoms with E-state index in [4.69, 9.17) is 9.15 Å². The van der Waals surface area contributed by atoms with E-state index in [9.17, 15) is 27.9 Å². The van der Waals surface area contributed by atoms with Crippen molar-refractivity contribution in [3.63, 3.8) is 0 Å².